The third-order valence-corrected chi connectivity index (χ3v) is 4.14. The van der Waals surface area contributed by atoms with E-state index in [0.29, 0.717) is 5.56 Å². The largest absolute Gasteiger partial charge is 0.389 e. The Morgan fingerprint density at radius 1 is 0.905 bits per heavy atom. The monoisotopic (exact) mass is 282 g/mol. The smallest absolute Gasteiger partial charge is 0.346 e. The highest BCUT2D eigenvalue weighted by Gasteiger charge is 2.25. The summed E-state index contributed by atoms with van der Waals surface area (Å²) in [6.07, 6.45) is 4.93. The summed E-state index contributed by atoms with van der Waals surface area (Å²) >= 11 is 0. The number of rotatable bonds is 2. The molecule has 0 unspecified atom stereocenters. The maximum Gasteiger partial charge on any atom is 0.346 e. The van der Waals surface area contributed by atoms with Crippen LogP contribution in [0.1, 0.15) is 42.5 Å². The number of carbonyl (C=O) groups excluding carboxylic acids is 2. The highest BCUT2D eigenvalue weighted by Crippen LogP contribution is 2.26. The average molecular weight is 282 g/mol. The maximum absolute atomic E-state index is 12.3. The van der Waals surface area contributed by atoms with Crippen LogP contribution in [0, 0.1) is 5.92 Å². The van der Waals surface area contributed by atoms with Crippen molar-refractivity contribution in [1.82, 2.24) is 0 Å². The van der Waals surface area contributed by atoms with E-state index in [-0.39, 0.29) is 11.9 Å². The number of fused-ring (bicyclic) bond motifs is 1. The van der Waals surface area contributed by atoms with E-state index >= 15 is 0 Å². The lowest BCUT2D eigenvalue weighted by Gasteiger charge is -2.19. The van der Waals surface area contributed by atoms with Crippen LogP contribution in [0.2, 0.25) is 0 Å². The molecule has 0 atom stereocenters. The van der Waals surface area contributed by atoms with E-state index in [2.05, 4.69) is 0 Å². The molecular weight excluding hydrogens is 264 g/mol. The van der Waals surface area contributed by atoms with Crippen LogP contribution < -0.4 is 0 Å². The first kappa shape index (κ1) is 13.8. The Bertz CT molecular complexity index is 664. The van der Waals surface area contributed by atoms with Crippen molar-refractivity contribution in [2.24, 2.45) is 5.92 Å². The second-order valence-corrected chi connectivity index (χ2v) is 5.57. The number of carbonyl (C=O) groups is 2. The summed E-state index contributed by atoms with van der Waals surface area (Å²) in [6, 6.07) is 13.1. The molecule has 0 spiro atoms. The summed E-state index contributed by atoms with van der Waals surface area (Å²) in [5.41, 5.74) is 0.456. The van der Waals surface area contributed by atoms with Gasteiger partial charge in [0.2, 0.25) is 0 Å². The lowest BCUT2D eigenvalue weighted by atomic mass is 9.89. The van der Waals surface area contributed by atoms with Gasteiger partial charge in [0, 0.05) is 0 Å². The van der Waals surface area contributed by atoms with Gasteiger partial charge in [0.05, 0.1) is 11.5 Å². The lowest BCUT2D eigenvalue weighted by Crippen LogP contribution is -2.23. The van der Waals surface area contributed by atoms with Crippen molar-refractivity contribution in [3.63, 3.8) is 0 Å². The van der Waals surface area contributed by atoms with Gasteiger partial charge < -0.3 is 4.74 Å². The van der Waals surface area contributed by atoms with Crippen molar-refractivity contribution in [2.75, 3.05) is 0 Å². The second kappa shape index (κ2) is 6.08. The van der Waals surface area contributed by atoms with E-state index < -0.39 is 5.97 Å². The Labute approximate surface area is 123 Å². The molecule has 1 fully saturated rings. The van der Waals surface area contributed by atoms with E-state index in [1.54, 1.807) is 6.07 Å². The number of ether oxygens (including phenoxy) is 1. The molecule has 1 aliphatic rings. The number of esters is 2. The van der Waals surface area contributed by atoms with E-state index in [1.807, 2.05) is 36.4 Å². The Hall–Kier alpha value is -2.16. The van der Waals surface area contributed by atoms with Crippen LogP contribution in [-0.4, -0.2) is 11.9 Å². The predicted molar refractivity (Wildman–Crippen MR) is 80.9 cm³/mol. The molecule has 2 aromatic carbocycles. The number of hydrogen-bond donors (Lipinski definition) is 0. The molecule has 3 heteroatoms. The second-order valence-electron chi connectivity index (χ2n) is 5.57. The number of benzene rings is 2. The molecule has 0 saturated heterocycles. The Balaban J connectivity index is 1.79. The third kappa shape index (κ3) is 2.97. The molecule has 3 nitrogen and oxygen atoms in total. The highest BCUT2D eigenvalue weighted by atomic mass is 16.6. The van der Waals surface area contributed by atoms with Gasteiger partial charge in [-0.25, -0.2) is 4.79 Å². The quantitative estimate of drug-likeness (QED) is 0.615. The average Bonchev–Trinajstić information content (AvgIpc) is 2.55. The molecule has 0 bridgehead atoms. The summed E-state index contributed by atoms with van der Waals surface area (Å²) in [7, 11) is 0. The molecule has 1 aliphatic carbocycles. The minimum absolute atomic E-state index is 0.113. The fraction of sp³-hybridized carbons (Fsp3) is 0.333. The van der Waals surface area contributed by atoms with Gasteiger partial charge in [-0.2, -0.15) is 0 Å². The molecule has 2 aromatic rings. The van der Waals surface area contributed by atoms with Gasteiger partial charge in [-0.05, 0) is 29.7 Å². The van der Waals surface area contributed by atoms with Crippen LogP contribution in [-0.2, 0) is 9.53 Å². The lowest BCUT2D eigenvalue weighted by molar-refractivity contribution is -0.143. The molecule has 21 heavy (non-hydrogen) atoms. The van der Waals surface area contributed by atoms with Crippen molar-refractivity contribution in [1.29, 1.82) is 0 Å². The van der Waals surface area contributed by atoms with E-state index in [0.717, 1.165) is 36.5 Å². The summed E-state index contributed by atoms with van der Waals surface area (Å²) in [5, 5.41) is 1.79. The Morgan fingerprint density at radius 2 is 1.62 bits per heavy atom. The van der Waals surface area contributed by atoms with Crippen LogP contribution in [0.4, 0.5) is 0 Å². The molecule has 108 valence electrons. The minimum Gasteiger partial charge on any atom is -0.389 e. The SMILES string of the molecule is O=C(OC(=O)C1CCCCC1)c1cccc2ccccc12. The van der Waals surface area contributed by atoms with Crippen LogP contribution >= 0.6 is 0 Å². The molecule has 0 aromatic heterocycles. The van der Waals surface area contributed by atoms with Crippen LogP contribution in [0.3, 0.4) is 0 Å². The Morgan fingerprint density at radius 3 is 2.43 bits per heavy atom. The fourth-order valence-corrected chi connectivity index (χ4v) is 2.97. The zero-order valence-corrected chi connectivity index (χ0v) is 11.9. The molecule has 0 radical (unpaired) electrons. The van der Waals surface area contributed by atoms with Gasteiger partial charge in [-0.1, -0.05) is 55.7 Å². The zero-order valence-electron chi connectivity index (χ0n) is 11.9. The van der Waals surface area contributed by atoms with E-state index in [1.165, 1.54) is 6.42 Å². The summed E-state index contributed by atoms with van der Waals surface area (Å²) in [5.74, 6) is -1.02. The first-order valence-electron chi connectivity index (χ1n) is 7.49. The highest BCUT2D eigenvalue weighted by molar-refractivity contribution is 6.07. The third-order valence-electron chi connectivity index (χ3n) is 4.14. The molecular formula is C18H18O3. The first-order chi connectivity index (χ1) is 10.3. The molecule has 1 saturated carbocycles. The zero-order chi connectivity index (χ0) is 14.7. The molecule has 0 N–H and O–H groups in total. The van der Waals surface area contributed by atoms with Crippen LogP contribution in [0.25, 0.3) is 10.8 Å². The van der Waals surface area contributed by atoms with Gasteiger partial charge in [0.15, 0.2) is 0 Å². The maximum atomic E-state index is 12.3. The van der Waals surface area contributed by atoms with Crippen LogP contribution in [0.15, 0.2) is 42.5 Å². The van der Waals surface area contributed by atoms with Gasteiger partial charge in [-0.3, -0.25) is 4.79 Å². The van der Waals surface area contributed by atoms with Gasteiger partial charge in [0.1, 0.15) is 0 Å². The molecule has 0 aliphatic heterocycles. The van der Waals surface area contributed by atoms with E-state index in [9.17, 15) is 9.59 Å². The standard InChI is InChI=1S/C18H18O3/c19-17(14-8-2-1-3-9-14)21-18(20)16-12-6-10-13-7-4-5-11-15(13)16/h4-7,10-12,14H,1-3,8-9H2. The Kier molecular flexibility index (Phi) is 4.00. The van der Waals surface area contributed by atoms with Crippen LogP contribution in [0.5, 0.6) is 0 Å². The predicted octanol–water partition coefficient (Wildman–Crippen LogP) is 4.10. The number of hydrogen-bond acceptors (Lipinski definition) is 3. The topological polar surface area (TPSA) is 43.4 Å². The fourth-order valence-electron chi connectivity index (χ4n) is 2.97. The van der Waals surface area contributed by atoms with Crippen molar-refractivity contribution in [2.45, 2.75) is 32.1 Å². The normalized spacial score (nSPS) is 15.8. The molecule has 3 rings (SSSR count). The summed E-state index contributed by atoms with van der Waals surface area (Å²) < 4.78 is 5.11. The first-order valence-corrected chi connectivity index (χ1v) is 7.49. The van der Waals surface area contributed by atoms with E-state index in [4.69, 9.17) is 4.74 Å². The summed E-state index contributed by atoms with van der Waals surface area (Å²) in [4.78, 5) is 24.3. The van der Waals surface area contributed by atoms with Gasteiger partial charge in [0.25, 0.3) is 0 Å². The molecule has 0 heterocycles. The van der Waals surface area contributed by atoms with Gasteiger partial charge in [-0.15, -0.1) is 0 Å². The van der Waals surface area contributed by atoms with Crippen molar-refractivity contribution in [3.05, 3.63) is 48.0 Å². The minimum atomic E-state index is -0.539. The van der Waals surface area contributed by atoms with Gasteiger partial charge >= 0.3 is 11.9 Å². The van der Waals surface area contributed by atoms with Crippen molar-refractivity contribution < 1.29 is 14.3 Å². The molecule has 0 amide bonds. The van der Waals surface area contributed by atoms with Crippen molar-refractivity contribution in [3.8, 4) is 0 Å². The summed E-state index contributed by atoms with van der Waals surface area (Å²) in [6.45, 7) is 0. The van der Waals surface area contributed by atoms with Crippen molar-refractivity contribution >= 4 is 22.7 Å².